The molecule has 0 radical (unpaired) electrons. The molecule has 0 saturated carbocycles. The van der Waals surface area contributed by atoms with Crippen molar-refractivity contribution in [1.29, 1.82) is 0 Å². The number of ether oxygens (including phenoxy) is 2. The van der Waals surface area contributed by atoms with Crippen LogP contribution in [0.4, 0.5) is 0 Å². The molecular weight excluding hydrogens is 216 g/mol. The Morgan fingerprint density at radius 3 is 2.76 bits per heavy atom. The molecule has 4 nitrogen and oxygen atoms in total. The zero-order valence-electron chi connectivity index (χ0n) is 11.1. The van der Waals surface area contributed by atoms with Crippen molar-refractivity contribution in [3.8, 4) is 5.75 Å². The van der Waals surface area contributed by atoms with Crippen molar-refractivity contribution in [3.63, 3.8) is 0 Å². The van der Waals surface area contributed by atoms with Crippen LogP contribution in [-0.4, -0.2) is 38.4 Å². The monoisotopic (exact) mass is 238 g/mol. The highest BCUT2D eigenvalue weighted by atomic mass is 16.5. The second kappa shape index (κ2) is 7.25. The predicted octanol–water partition coefficient (Wildman–Crippen LogP) is 1.57. The highest BCUT2D eigenvalue weighted by Crippen LogP contribution is 2.18. The number of aromatic nitrogens is 1. The first kappa shape index (κ1) is 13.9. The molecule has 1 N–H and O–H groups in total. The fraction of sp³-hybridized carbons (Fsp3) is 0.615. The Morgan fingerprint density at radius 2 is 2.18 bits per heavy atom. The van der Waals surface area contributed by atoms with Gasteiger partial charge in [-0.3, -0.25) is 4.98 Å². The van der Waals surface area contributed by atoms with Crippen molar-refractivity contribution in [3.05, 3.63) is 23.5 Å². The zero-order valence-corrected chi connectivity index (χ0v) is 11.1. The lowest BCUT2D eigenvalue weighted by Gasteiger charge is -2.19. The Bertz CT molecular complexity index is 336. The fourth-order valence-electron chi connectivity index (χ4n) is 1.69. The van der Waals surface area contributed by atoms with Crippen LogP contribution in [0, 0.1) is 6.92 Å². The lowest BCUT2D eigenvalue weighted by Crippen LogP contribution is -2.33. The summed E-state index contributed by atoms with van der Waals surface area (Å²) < 4.78 is 11.1. The first-order valence-corrected chi connectivity index (χ1v) is 5.98. The van der Waals surface area contributed by atoms with Gasteiger partial charge in [0.25, 0.3) is 0 Å². The highest BCUT2D eigenvalue weighted by molar-refractivity contribution is 5.29. The number of nitrogens with one attached hydrogen (secondary N) is 1. The van der Waals surface area contributed by atoms with Crippen LogP contribution in [0.15, 0.2) is 12.1 Å². The van der Waals surface area contributed by atoms with Crippen LogP contribution in [0.2, 0.25) is 0 Å². The maximum absolute atomic E-state index is 5.92. The van der Waals surface area contributed by atoms with E-state index in [1.165, 1.54) is 0 Å². The van der Waals surface area contributed by atoms with Crippen LogP contribution in [0.25, 0.3) is 0 Å². The molecule has 0 amide bonds. The first-order valence-electron chi connectivity index (χ1n) is 5.98. The van der Waals surface area contributed by atoms with Gasteiger partial charge in [-0.05, 0) is 32.5 Å². The van der Waals surface area contributed by atoms with E-state index in [0.717, 1.165) is 30.1 Å². The summed E-state index contributed by atoms with van der Waals surface area (Å²) in [5.74, 6) is 0.857. The van der Waals surface area contributed by atoms with E-state index < -0.39 is 0 Å². The van der Waals surface area contributed by atoms with Crippen LogP contribution in [0.5, 0.6) is 5.75 Å². The summed E-state index contributed by atoms with van der Waals surface area (Å²) in [6, 6.07) is 3.96. The van der Waals surface area contributed by atoms with Crippen molar-refractivity contribution in [2.45, 2.75) is 26.4 Å². The molecule has 0 aliphatic heterocycles. The molecule has 0 aromatic carbocycles. The number of hydrogen-bond donors (Lipinski definition) is 1. The van der Waals surface area contributed by atoms with E-state index in [1.807, 2.05) is 26.1 Å². The molecule has 96 valence electrons. The molecule has 1 aromatic heterocycles. The number of likely N-dealkylation sites (N-methyl/N-ethyl adjacent to an activating group) is 1. The molecule has 0 aliphatic carbocycles. The van der Waals surface area contributed by atoms with Crippen molar-refractivity contribution in [2.24, 2.45) is 0 Å². The fourth-order valence-corrected chi connectivity index (χ4v) is 1.69. The van der Waals surface area contributed by atoms with Gasteiger partial charge in [0.2, 0.25) is 0 Å². The molecule has 1 rings (SSSR count). The summed E-state index contributed by atoms with van der Waals surface area (Å²) >= 11 is 0. The van der Waals surface area contributed by atoms with Crippen molar-refractivity contribution >= 4 is 0 Å². The number of methoxy groups -OCH3 is 1. The smallest absolute Gasteiger partial charge is 0.141 e. The average molecular weight is 238 g/mol. The van der Waals surface area contributed by atoms with E-state index in [1.54, 1.807) is 7.11 Å². The lowest BCUT2D eigenvalue weighted by molar-refractivity contribution is 0.0809. The summed E-state index contributed by atoms with van der Waals surface area (Å²) in [7, 11) is 3.58. The SMILES string of the molecule is CCc1nc(C)ccc1OC(CNC)COC. The second-order valence-electron chi connectivity index (χ2n) is 4.00. The van der Waals surface area contributed by atoms with Gasteiger partial charge in [0.05, 0.1) is 12.3 Å². The lowest BCUT2D eigenvalue weighted by atomic mass is 10.2. The number of pyridine rings is 1. The molecule has 1 heterocycles. The molecule has 0 fully saturated rings. The molecule has 0 spiro atoms. The average Bonchev–Trinajstić information content (AvgIpc) is 2.32. The molecule has 4 heteroatoms. The van der Waals surface area contributed by atoms with Crippen molar-refractivity contribution in [1.82, 2.24) is 10.3 Å². The zero-order chi connectivity index (χ0) is 12.7. The van der Waals surface area contributed by atoms with Gasteiger partial charge in [-0.15, -0.1) is 0 Å². The Balaban J connectivity index is 2.76. The van der Waals surface area contributed by atoms with E-state index >= 15 is 0 Å². The third kappa shape index (κ3) is 4.32. The first-order chi connectivity index (χ1) is 8.21. The minimum atomic E-state index is 0.0137. The minimum absolute atomic E-state index is 0.0137. The van der Waals surface area contributed by atoms with Gasteiger partial charge in [-0.1, -0.05) is 6.92 Å². The summed E-state index contributed by atoms with van der Waals surface area (Å²) in [6.45, 7) is 5.39. The number of aryl methyl sites for hydroxylation is 2. The standard InChI is InChI=1S/C13H22N2O2/c1-5-12-13(7-6-10(2)15-12)17-11(8-14-3)9-16-4/h6-7,11,14H,5,8-9H2,1-4H3. The summed E-state index contributed by atoms with van der Waals surface area (Å²) in [5.41, 5.74) is 2.02. The molecule has 1 atom stereocenters. The quantitative estimate of drug-likeness (QED) is 0.783. The Labute approximate surface area is 103 Å². The minimum Gasteiger partial charge on any atom is -0.485 e. The normalized spacial score (nSPS) is 12.5. The largest absolute Gasteiger partial charge is 0.485 e. The number of nitrogens with zero attached hydrogens (tertiary/aromatic N) is 1. The Hall–Kier alpha value is -1.13. The third-order valence-electron chi connectivity index (χ3n) is 2.48. The van der Waals surface area contributed by atoms with E-state index in [4.69, 9.17) is 9.47 Å². The van der Waals surface area contributed by atoms with Crippen molar-refractivity contribution in [2.75, 3.05) is 27.3 Å². The Kier molecular flexibility index (Phi) is 5.94. The molecule has 0 aliphatic rings. The van der Waals surface area contributed by atoms with Crippen LogP contribution < -0.4 is 10.1 Å². The predicted molar refractivity (Wildman–Crippen MR) is 68.6 cm³/mol. The van der Waals surface area contributed by atoms with Gasteiger partial charge in [0.1, 0.15) is 11.9 Å². The van der Waals surface area contributed by atoms with E-state index in [-0.39, 0.29) is 6.10 Å². The topological polar surface area (TPSA) is 43.4 Å². The summed E-state index contributed by atoms with van der Waals surface area (Å²) in [5, 5.41) is 3.10. The van der Waals surface area contributed by atoms with Gasteiger partial charge in [0.15, 0.2) is 0 Å². The number of hydrogen-bond acceptors (Lipinski definition) is 4. The second-order valence-corrected chi connectivity index (χ2v) is 4.00. The number of rotatable bonds is 7. The Morgan fingerprint density at radius 1 is 1.41 bits per heavy atom. The van der Waals surface area contributed by atoms with Gasteiger partial charge in [-0.2, -0.15) is 0 Å². The van der Waals surface area contributed by atoms with Crippen LogP contribution in [-0.2, 0) is 11.2 Å². The van der Waals surface area contributed by atoms with Gasteiger partial charge < -0.3 is 14.8 Å². The van der Waals surface area contributed by atoms with E-state index in [0.29, 0.717) is 6.61 Å². The van der Waals surface area contributed by atoms with Gasteiger partial charge >= 0.3 is 0 Å². The van der Waals surface area contributed by atoms with Crippen LogP contribution in [0.1, 0.15) is 18.3 Å². The van der Waals surface area contributed by atoms with E-state index in [9.17, 15) is 0 Å². The summed E-state index contributed by atoms with van der Waals surface area (Å²) in [4.78, 5) is 4.48. The molecule has 1 unspecified atom stereocenters. The van der Waals surface area contributed by atoms with Gasteiger partial charge in [-0.25, -0.2) is 0 Å². The van der Waals surface area contributed by atoms with Gasteiger partial charge in [0, 0.05) is 19.3 Å². The maximum Gasteiger partial charge on any atom is 0.141 e. The molecule has 0 saturated heterocycles. The highest BCUT2D eigenvalue weighted by Gasteiger charge is 2.12. The van der Waals surface area contributed by atoms with Crippen molar-refractivity contribution < 1.29 is 9.47 Å². The molecule has 1 aromatic rings. The molecular formula is C13H22N2O2. The third-order valence-corrected chi connectivity index (χ3v) is 2.48. The van der Waals surface area contributed by atoms with E-state index in [2.05, 4.69) is 17.2 Å². The molecule has 17 heavy (non-hydrogen) atoms. The van der Waals surface area contributed by atoms with Crippen LogP contribution in [0.3, 0.4) is 0 Å². The van der Waals surface area contributed by atoms with Crippen LogP contribution >= 0.6 is 0 Å². The maximum atomic E-state index is 5.92. The summed E-state index contributed by atoms with van der Waals surface area (Å²) in [6.07, 6.45) is 0.885. The molecule has 0 bridgehead atoms.